The number of aliphatic carboxylic acids is 1. The zero-order valence-corrected chi connectivity index (χ0v) is 19.0. The van der Waals surface area contributed by atoms with Crippen molar-refractivity contribution in [3.8, 4) is 5.75 Å². The molecule has 36 heavy (non-hydrogen) atoms. The van der Waals surface area contributed by atoms with Gasteiger partial charge in [0, 0.05) is 19.6 Å². The molecule has 2 aromatic carbocycles. The SMILES string of the molecule is O=C(O)C[C@H](c1cccc(OCC2(F)CN(Cc3cc(C(F)(F)F)ccc3C(F)(F)F)C2)c1)C1CC1. The fourth-order valence-electron chi connectivity index (χ4n) is 4.67. The van der Waals surface area contributed by atoms with Crippen molar-refractivity contribution in [2.24, 2.45) is 5.92 Å². The van der Waals surface area contributed by atoms with Crippen molar-refractivity contribution in [3.05, 3.63) is 64.7 Å². The van der Waals surface area contributed by atoms with E-state index in [-0.39, 0.29) is 31.3 Å². The fourth-order valence-corrected chi connectivity index (χ4v) is 4.67. The number of nitrogens with zero attached hydrogens (tertiary/aromatic N) is 1. The standard InChI is InChI=1S/C25H24F7NO3/c26-23(14-36-19-3-1-2-16(9-19)20(10-22(34)35)15-4-5-15)12-33(13-23)11-17-8-18(24(27,28)29)6-7-21(17)25(30,31)32/h1-3,6-9,15,20H,4-5,10-14H2,(H,34,35)/t20-/m0/s1. The number of alkyl halides is 7. The minimum Gasteiger partial charge on any atom is -0.490 e. The topological polar surface area (TPSA) is 49.8 Å². The molecule has 2 fully saturated rings. The summed E-state index contributed by atoms with van der Waals surface area (Å²) in [4.78, 5) is 12.5. The summed E-state index contributed by atoms with van der Waals surface area (Å²) >= 11 is 0. The number of likely N-dealkylation sites (tertiary alicyclic amines) is 1. The third-order valence-electron chi connectivity index (χ3n) is 6.52. The van der Waals surface area contributed by atoms with E-state index in [1.807, 2.05) is 0 Å². The number of carbonyl (C=O) groups is 1. The van der Waals surface area contributed by atoms with Crippen molar-refractivity contribution in [2.45, 2.75) is 49.7 Å². The second kappa shape index (κ2) is 9.57. The molecule has 11 heteroatoms. The van der Waals surface area contributed by atoms with Gasteiger partial charge < -0.3 is 9.84 Å². The molecule has 0 aromatic heterocycles. The molecular weight excluding hydrogens is 495 g/mol. The van der Waals surface area contributed by atoms with E-state index >= 15 is 4.39 Å². The fraction of sp³-hybridized carbons (Fsp3) is 0.480. The van der Waals surface area contributed by atoms with Gasteiger partial charge in [-0.25, -0.2) is 4.39 Å². The lowest BCUT2D eigenvalue weighted by atomic mass is 9.91. The van der Waals surface area contributed by atoms with Crippen LogP contribution in [0.3, 0.4) is 0 Å². The maximum absolute atomic E-state index is 15.1. The highest BCUT2D eigenvalue weighted by atomic mass is 19.4. The first kappa shape index (κ1) is 26.2. The largest absolute Gasteiger partial charge is 0.490 e. The maximum Gasteiger partial charge on any atom is 0.416 e. The second-order valence-corrected chi connectivity index (χ2v) is 9.57. The molecule has 0 spiro atoms. The van der Waals surface area contributed by atoms with Crippen LogP contribution in [-0.4, -0.2) is 41.3 Å². The normalized spacial score (nSPS) is 19.0. The zero-order valence-electron chi connectivity index (χ0n) is 19.0. The van der Waals surface area contributed by atoms with Gasteiger partial charge in [-0.1, -0.05) is 12.1 Å². The first-order valence-electron chi connectivity index (χ1n) is 11.4. The van der Waals surface area contributed by atoms with Gasteiger partial charge in [-0.05, 0) is 66.1 Å². The average molecular weight is 519 g/mol. The molecule has 0 unspecified atom stereocenters. The number of hydrogen-bond acceptors (Lipinski definition) is 3. The van der Waals surface area contributed by atoms with E-state index in [0.29, 0.717) is 23.9 Å². The van der Waals surface area contributed by atoms with E-state index in [9.17, 15) is 36.2 Å². The Bertz CT molecular complexity index is 1110. The summed E-state index contributed by atoms with van der Waals surface area (Å²) in [7, 11) is 0. The molecule has 4 rings (SSSR count). The van der Waals surface area contributed by atoms with Gasteiger partial charge in [-0.2, -0.15) is 26.3 Å². The number of rotatable bonds is 9. The number of benzene rings is 2. The van der Waals surface area contributed by atoms with Gasteiger partial charge in [-0.15, -0.1) is 0 Å². The van der Waals surface area contributed by atoms with Crippen molar-refractivity contribution in [1.29, 1.82) is 0 Å². The molecule has 1 saturated heterocycles. The van der Waals surface area contributed by atoms with Gasteiger partial charge >= 0.3 is 18.3 Å². The van der Waals surface area contributed by atoms with Crippen LogP contribution in [0.25, 0.3) is 0 Å². The molecule has 1 saturated carbocycles. The number of carboxylic acids is 1. The number of halogens is 7. The molecule has 1 aliphatic carbocycles. The second-order valence-electron chi connectivity index (χ2n) is 9.57. The van der Waals surface area contributed by atoms with Gasteiger partial charge in [0.1, 0.15) is 12.4 Å². The van der Waals surface area contributed by atoms with E-state index < -0.39 is 53.8 Å². The van der Waals surface area contributed by atoms with Crippen LogP contribution in [0.4, 0.5) is 30.7 Å². The zero-order chi connectivity index (χ0) is 26.3. The molecule has 1 heterocycles. The molecule has 2 aromatic rings. The van der Waals surface area contributed by atoms with Crippen molar-refractivity contribution in [2.75, 3.05) is 19.7 Å². The van der Waals surface area contributed by atoms with E-state index in [4.69, 9.17) is 4.74 Å². The summed E-state index contributed by atoms with van der Waals surface area (Å²) in [6.07, 6.45) is -7.79. The molecule has 1 atom stereocenters. The quantitative estimate of drug-likeness (QED) is 0.396. The first-order valence-corrected chi connectivity index (χ1v) is 11.4. The lowest BCUT2D eigenvalue weighted by molar-refractivity contribution is -0.142. The Kier molecular flexibility index (Phi) is 6.98. The Balaban J connectivity index is 1.38. The van der Waals surface area contributed by atoms with Gasteiger partial charge in [-0.3, -0.25) is 9.69 Å². The van der Waals surface area contributed by atoms with Crippen molar-refractivity contribution in [1.82, 2.24) is 4.90 Å². The number of carboxylic acid groups (broad SMARTS) is 1. The monoisotopic (exact) mass is 519 g/mol. The van der Waals surface area contributed by atoms with Crippen molar-refractivity contribution in [3.63, 3.8) is 0 Å². The van der Waals surface area contributed by atoms with Crippen LogP contribution in [-0.2, 0) is 23.7 Å². The predicted molar refractivity (Wildman–Crippen MR) is 115 cm³/mol. The van der Waals surface area contributed by atoms with E-state index in [0.717, 1.165) is 18.4 Å². The Hall–Kier alpha value is -2.82. The minimum atomic E-state index is -4.84. The van der Waals surface area contributed by atoms with Gasteiger partial charge in [0.15, 0.2) is 5.67 Å². The molecule has 0 radical (unpaired) electrons. The Morgan fingerprint density at radius 2 is 1.75 bits per heavy atom. The lowest BCUT2D eigenvalue weighted by Gasteiger charge is -2.44. The van der Waals surface area contributed by atoms with Crippen molar-refractivity contribution >= 4 is 5.97 Å². The van der Waals surface area contributed by atoms with Crippen LogP contribution in [0, 0.1) is 5.92 Å². The summed E-state index contributed by atoms with van der Waals surface area (Å²) in [6.45, 7) is -1.49. The average Bonchev–Trinajstić information content (AvgIpc) is 3.59. The molecule has 0 amide bonds. The smallest absolute Gasteiger partial charge is 0.416 e. The third-order valence-corrected chi connectivity index (χ3v) is 6.52. The van der Waals surface area contributed by atoms with Crippen LogP contribution < -0.4 is 4.74 Å². The molecule has 0 bridgehead atoms. The molecular formula is C25H24F7NO3. The summed E-state index contributed by atoms with van der Waals surface area (Å²) < 4.78 is 99.5. The van der Waals surface area contributed by atoms with Crippen LogP contribution in [0.2, 0.25) is 0 Å². The van der Waals surface area contributed by atoms with Crippen LogP contribution in [0.1, 0.15) is 47.4 Å². The number of hydrogen-bond donors (Lipinski definition) is 1. The Labute approximate surface area is 202 Å². The lowest BCUT2D eigenvalue weighted by Crippen LogP contribution is -2.61. The Morgan fingerprint density at radius 1 is 1.06 bits per heavy atom. The maximum atomic E-state index is 15.1. The molecule has 2 aliphatic rings. The third kappa shape index (κ3) is 6.29. The molecule has 196 valence electrons. The summed E-state index contributed by atoms with van der Waals surface area (Å²) in [5, 5.41) is 9.18. The van der Waals surface area contributed by atoms with E-state index in [1.165, 1.54) is 4.90 Å². The highest BCUT2D eigenvalue weighted by Crippen LogP contribution is 2.45. The highest BCUT2D eigenvalue weighted by Gasteiger charge is 2.45. The Morgan fingerprint density at radius 3 is 2.33 bits per heavy atom. The molecule has 4 nitrogen and oxygen atoms in total. The highest BCUT2D eigenvalue weighted by molar-refractivity contribution is 5.68. The summed E-state index contributed by atoms with van der Waals surface area (Å²) in [5.41, 5.74) is -4.06. The predicted octanol–water partition coefficient (Wildman–Crippen LogP) is 6.30. The van der Waals surface area contributed by atoms with Gasteiger partial charge in [0.25, 0.3) is 0 Å². The van der Waals surface area contributed by atoms with E-state index in [1.54, 1.807) is 24.3 Å². The van der Waals surface area contributed by atoms with Gasteiger partial charge in [0.05, 0.1) is 17.5 Å². The molecule has 1 aliphatic heterocycles. The van der Waals surface area contributed by atoms with Crippen molar-refractivity contribution < 1.29 is 45.4 Å². The van der Waals surface area contributed by atoms with Crippen LogP contribution >= 0.6 is 0 Å². The summed E-state index contributed by atoms with van der Waals surface area (Å²) in [5.74, 6) is -0.456. The molecule has 1 N–H and O–H groups in total. The van der Waals surface area contributed by atoms with Gasteiger partial charge in [0.2, 0.25) is 0 Å². The summed E-state index contributed by atoms with van der Waals surface area (Å²) in [6, 6.07) is 7.99. The first-order chi connectivity index (χ1) is 16.7. The van der Waals surface area contributed by atoms with Crippen LogP contribution in [0.15, 0.2) is 42.5 Å². The van der Waals surface area contributed by atoms with Crippen LogP contribution in [0.5, 0.6) is 5.75 Å². The number of ether oxygens (including phenoxy) is 1. The van der Waals surface area contributed by atoms with E-state index in [2.05, 4.69) is 0 Å². The minimum absolute atomic E-state index is 0.0222.